The molecule has 1 aliphatic rings. The van der Waals surface area contributed by atoms with Crippen molar-refractivity contribution in [2.24, 2.45) is 0 Å². The lowest BCUT2D eigenvalue weighted by atomic mass is 9.82. The maximum atomic E-state index is 12.9. The zero-order valence-corrected chi connectivity index (χ0v) is 10.8. The van der Waals surface area contributed by atoms with Gasteiger partial charge in [-0.1, -0.05) is 6.07 Å². The minimum atomic E-state index is -0.549. The number of Topliss-reactive ketones (excluding diaryl/α,β-unsaturated/α-hetero) is 1. The predicted octanol–water partition coefficient (Wildman–Crippen LogP) is 2.63. The maximum absolute atomic E-state index is 12.9. The summed E-state index contributed by atoms with van der Waals surface area (Å²) in [6.07, 6.45) is 0.757. The van der Waals surface area contributed by atoms with Crippen LogP contribution in [0.2, 0.25) is 0 Å². The average Bonchev–Trinajstić information content (AvgIpc) is 2.15. The number of aliphatic hydroxyl groups excluding tert-OH is 1. The molecule has 0 spiro atoms. The van der Waals surface area contributed by atoms with Crippen LogP contribution in [-0.2, 0) is 4.79 Å². The van der Waals surface area contributed by atoms with E-state index in [0.29, 0.717) is 12.8 Å². The lowest BCUT2D eigenvalue weighted by Gasteiger charge is -2.26. The van der Waals surface area contributed by atoms with Crippen LogP contribution in [0.3, 0.4) is 0 Å². The van der Waals surface area contributed by atoms with Gasteiger partial charge in [-0.2, -0.15) is 0 Å². The Kier molecular flexibility index (Phi) is 3.59. The van der Waals surface area contributed by atoms with Crippen LogP contribution in [0.25, 0.3) is 0 Å². The Labute approximate surface area is 107 Å². The molecule has 86 valence electrons. The number of halogens is 2. The smallest absolute Gasteiger partial charge is 0.136 e. The molecule has 1 fully saturated rings. The van der Waals surface area contributed by atoms with E-state index in [1.54, 1.807) is 6.07 Å². The molecule has 0 aliphatic heterocycles. The SMILES string of the molecule is O=C1CC(O)CC(c2ccc(F)cc2I)C1. The zero-order valence-electron chi connectivity index (χ0n) is 8.62. The van der Waals surface area contributed by atoms with Crippen LogP contribution in [0.4, 0.5) is 4.39 Å². The highest BCUT2D eigenvalue weighted by molar-refractivity contribution is 14.1. The van der Waals surface area contributed by atoms with Crippen LogP contribution in [0, 0.1) is 9.39 Å². The Hall–Kier alpha value is -0.490. The van der Waals surface area contributed by atoms with Gasteiger partial charge in [0.05, 0.1) is 6.10 Å². The van der Waals surface area contributed by atoms with Crippen LogP contribution in [-0.4, -0.2) is 17.0 Å². The molecule has 0 amide bonds. The van der Waals surface area contributed by atoms with Crippen molar-refractivity contribution in [2.75, 3.05) is 0 Å². The first-order valence-electron chi connectivity index (χ1n) is 5.21. The van der Waals surface area contributed by atoms with Gasteiger partial charge in [0.25, 0.3) is 0 Å². The minimum absolute atomic E-state index is 0.0312. The Morgan fingerprint density at radius 3 is 2.75 bits per heavy atom. The van der Waals surface area contributed by atoms with E-state index in [0.717, 1.165) is 9.13 Å². The van der Waals surface area contributed by atoms with Gasteiger partial charge in [-0.25, -0.2) is 4.39 Å². The summed E-state index contributed by atoms with van der Waals surface area (Å²) in [6.45, 7) is 0. The second-order valence-corrected chi connectivity index (χ2v) is 5.36. The summed E-state index contributed by atoms with van der Waals surface area (Å²) in [5.74, 6) is -0.150. The zero-order chi connectivity index (χ0) is 11.7. The van der Waals surface area contributed by atoms with Gasteiger partial charge in [-0.05, 0) is 52.6 Å². The average molecular weight is 334 g/mol. The number of carbonyl (C=O) groups is 1. The molecule has 1 aliphatic carbocycles. The summed E-state index contributed by atoms with van der Waals surface area (Å²) >= 11 is 2.07. The van der Waals surface area contributed by atoms with Gasteiger partial charge in [0.15, 0.2) is 0 Å². The van der Waals surface area contributed by atoms with Crippen molar-refractivity contribution in [1.29, 1.82) is 0 Å². The lowest BCUT2D eigenvalue weighted by Crippen LogP contribution is -2.25. The molecule has 2 atom stereocenters. The van der Waals surface area contributed by atoms with E-state index >= 15 is 0 Å². The van der Waals surface area contributed by atoms with Crippen molar-refractivity contribution in [3.05, 3.63) is 33.1 Å². The molecule has 1 N–H and O–H groups in total. The number of rotatable bonds is 1. The molecular weight excluding hydrogens is 322 g/mol. The number of carbonyl (C=O) groups excluding carboxylic acids is 1. The molecule has 1 aromatic rings. The first kappa shape index (κ1) is 12.0. The fraction of sp³-hybridized carbons (Fsp3) is 0.417. The van der Waals surface area contributed by atoms with Gasteiger partial charge >= 0.3 is 0 Å². The van der Waals surface area contributed by atoms with E-state index in [1.165, 1.54) is 12.1 Å². The van der Waals surface area contributed by atoms with E-state index in [-0.39, 0.29) is 23.9 Å². The minimum Gasteiger partial charge on any atom is -0.393 e. The van der Waals surface area contributed by atoms with Crippen molar-refractivity contribution in [2.45, 2.75) is 31.3 Å². The fourth-order valence-electron chi connectivity index (χ4n) is 2.19. The first-order chi connectivity index (χ1) is 7.56. The molecule has 1 saturated carbocycles. The summed E-state index contributed by atoms with van der Waals surface area (Å²) in [6, 6.07) is 4.58. The summed E-state index contributed by atoms with van der Waals surface area (Å²) in [5, 5.41) is 9.56. The molecule has 2 rings (SSSR count). The topological polar surface area (TPSA) is 37.3 Å². The van der Waals surface area contributed by atoms with Crippen LogP contribution in [0.15, 0.2) is 18.2 Å². The molecule has 2 nitrogen and oxygen atoms in total. The van der Waals surface area contributed by atoms with Gasteiger partial charge < -0.3 is 5.11 Å². The Bertz CT molecular complexity index is 419. The third kappa shape index (κ3) is 2.60. The van der Waals surface area contributed by atoms with E-state index in [1.807, 2.05) is 0 Å². The van der Waals surface area contributed by atoms with Crippen molar-refractivity contribution < 1.29 is 14.3 Å². The fourth-order valence-corrected chi connectivity index (χ4v) is 3.10. The summed E-state index contributed by atoms with van der Waals surface area (Å²) < 4.78 is 13.8. The van der Waals surface area contributed by atoms with Crippen LogP contribution in [0.1, 0.15) is 30.7 Å². The second-order valence-electron chi connectivity index (χ2n) is 4.20. The largest absolute Gasteiger partial charge is 0.393 e. The van der Waals surface area contributed by atoms with Crippen molar-refractivity contribution in [1.82, 2.24) is 0 Å². The second kappa shape index (κ2) is 4.79. The van der Waals surface area contributed by atoms with Crippen molar-refractivity contribution in [3.8, 4) is 0 Å². The maximum Gasteiger partial charge on any atom is 0.136 e. The van der Waals surface area contributed by atoms with Crippen LogP contribution < -0.4 is 0 Å². The summed E-state index contributed by atoms with van der Waals surface area (Å²) in [4.78, 5) is 11.4. The lowest BCUT2D eigenvalue weighted by molar-refractivity contribution is -0.123. The van der Waals surface area contributed by atoms with Crippen molar-refractivity contribution in [3.63, 3.8) is 0 Å². The van der Waals surface area contributed by atoms with Gasteiger partial charge in [-0.3, -0.25) is 4.79 Å². The highest BCUT2D eigenvalue weighted by atomic mass is 127. The van der Waals surface area contributed by atoms with E-state index < -0.39 is 6.10 Å². The number of ketones is 1. The monoisotopic (exact) mass is 334 g/mol. The van der Waals surface area contributed by atoms with Gasteiger partial charge in [0.2, 0.25) is 0 Å². The summed E-state index contributed by atoms with van der Waals surface area (Å²) in [7, 11) is 0. The Morgan fingerprint density at radius 1 is 1.38 bits per heavy atom. The quantitative estimate of drug-likeness (QED) is 0.802. The highest BCUT2D eigenvalue weighted by Crippen LogP contribution is 2.33. The van der Waals surface area contributed by atoms with E-state index in [2.05, 4.69) is 22.6 Å². The number of aliphatic hydroxyl groups is 1. The third-order valence-electron chi connectivity index (χ3n) is 2.90. The molecule has 0 heterocycles. The van der Waals surface area contributed by atoms with Crippen LogP contribution >= 0.6 is 22.6 Å². The van der Waals surface area contributed by atoms with Gasteiger partial charge in [-0.15, -0.1) is 0 Å². The van der Waals surface area contributed by atoms with Crippen molar-refractivity contribution >= 4 is 28.4 Å². The number of benzene rings is 1. The third-order valence-corrected chi connectivity index (χ3v) is 3.83. The first-order valence-corrected chi connectivity index (χ1v) is 6.29. The normalized spacial score (nSPS) is 25.8. The Morgan fingerprint density at radius 2 is 2.12 bits per heavy atom. The number of hydrogen-bond donors (Lipinski definition) is 1. The molecular formula is C12H12FIO2. The molecule has 16 heavy (non-hydrogen) atoms. The summed E-state index contributed by atoms with van der Waals surface area (Å²) in [5.41, 5.74) is 0.967. The molecule has 0 aromatic heterocycles. The molecule has 1 aromatic carbocycles. The number of hydrogen-bond acceptors (Lipinski definition) is 2. The predicted molar refractivity (Wildman–Crippen MR) is 66.7 cm³/mol. The standard InChI is InChI=1S/C12H12FIO2/c13-8-1-2-11(12(14)5-8)7-3-9(15)6-10(16)4-7/h1-2,5,7,9,15H,3-4,6H2. The Balaban J connectivity index is 2.26. The molecule has 0 bridgehead atoms. The van der Waals surface area contributed by atoms with E-state index in [4.69, 9.17) is 0 Å². The van der Waals surface area contributed by atoms with Gasteiger partial charge in [0.1, 0.15) is 11.6 Å². The highest BCUT2D eigenvalue weighted by Gasteiger charge is 2.28. The van der Waals surface area contributed by atoms with Crippen LogP contribution in [0.5, 0.6) is 0 Å². The molecule has 0 saturated heterocycles. The molecule has 0 radical (unpaired) electrons. The van der Waals surface area contributed by atoms with Gasteiger partial charge in [0, 0.05) is 16.4 Å². The molecule has 2 unspecified atom stereocenters. The molecule has 4 heteroatoms. The van der Waals surface area contributed by atoms with E-state index in [9.17, 15) is 14.3 Å².